The maximum absolute atomic E-state index is 15.1. The number of hydrogen-bond acceptors (Lipinski definition) is 6. The first-order valence-electron chi connectivity index (χ1n) is 12.8. The molecule has 6 rings (SSSR count). The van der Waals surface area contributed by atoms with Gasteiger partial charge in [-0.2, -0.15) is 5.10 Å². The molecule has 0 amide bonds. The Morgan fingerprint density at radius 3 is 2.70 bits per heavy atom. The number of alkyl halides is 2. The Morgan fingerprint density at radius 1 is 1.12 bits per heavy atom. The Bertz CT molecular complexity index is 1800. The number of aliphatic hydroxyl groups is 1. The second kappa shape index (κ2) is 10.2. The van der Waals surface area contributed by atoms with Crippen molar-refractivity contribution in [3.05, 3.63) is 99.7 Å². The molecule has 5 aromatic rings. The van der Waals surface area contributed by atoms with Crippen molar-refractivity contribution in [1.29, 1.82) is 0 Å². The molecule has 0 radical (unpaired) electrons. The Hall–Kier alpha value is -4.51. The minimum absolute atomic E-state index is 0.0119. The summed E-state index contributed by atoms with van der Waals surface area (Å²) in [6.45, 7) is -0.950. The maximum atomic E-state index is 15.1. The number of nitrogens with zero attached hydrogens (tertiary/aromatic N) is 5. The number of aliphatic hydroxyl groups excluding tert-OH is 1. The monoisotopic (exact) mass is 546 g/mol. The summed E-state index contributed by atoms with van der Waals surface area (Å²) in [5.41, 5.74) is 8.76. The van der Waals surface area contributed by atoms with Crippen LogP contribution >= 0.6 is 0 Å². The number of halogens is 3. The lowest BCUT2D eigenvalue weighted by Crippen LogP contribution is -2.20. The zero-order valence-corrected chi connectivity index (χ0v) is 21.3. The standard InChI is InChI=1S/C29H25F3N6O2/c30-22-10-19(17-4-5-17)9-18-6-7-38(29(40)28(18)22)24-3-1-2-20(21(24)15-39)23-11-26(33)36-27(35-23)8-16-12-34-37(13-16)14-25(31)32/h1-3,6-7,9-13,17,25,39H,4-5,8,14-15H2,(H2,33,35,36). The van der Waals surface area contributed by atoms with Gasteiger partial charge in [0, 0.05) is 36.0 Å². The van der Waals surface area contributed by atoms with Crippen molar-refractivity contribution in [2.75, 3.05) is 5.73 Å². The van der Waals surface area contributed by atoms with Gasteiger partial charge in [-0.1, -0.05) is 18.2 Å². The van der Waals surface area contributed by atoms with Crippen LogP contribution in [0.1, 0.15) is 41.3 Å². The highest BCUT2D eigenvalue weighted by atomic mass is 19.3. The molecule has 0 saturated heterocycles. The van der Waals surface area contributed by atoms with E-state index in [1.54, 1.807) is 36.5 Å². The average molecular weight is 547 g/mol. The molecule has 1 aliphatic rings. The van der Waals surface area contributed by atoms with Crippen LogP contribution in [0.25, 0.3) is 27.7 Å². The van der Waals surface area contributed by atoms with Gasteiger partial charge >= 0.3 is 0 Å². The molecule has 3 N–H and O–H groups in total. The van der Waals surface area contributed by atoms with E-state index in [0.29, 0.717) is 45.2 Å². The van der Waals surface area contributed by atoms with Crippen LogP contribution in [0.3, 0.4) is 0 Å². The van der Waals surface area contributed by atoms with Crippen LogP contribution in [-0.2, 0) is 19.6 Å². The van der Waals surface area contributed by atoms with E-state index in [0.717, 1.165) is 23.1 Å². The summed E-state index contributed by atoms with van der Waals surface area (Å²) in [7, 11) is 0. The first kappa shape index (κ1) is 25.8. The van der Waals surface area contributed by atoms with Crippen LogP contribution in [0.5, 0.6) is 0 Å². The Balaban J connectivity index is 1.40. The van der Waals surface area contributed by atoms with Gasteiger partial charge in [-0.3, -0.25) is 14.0 Å². The van der Waals surface area contributed by atoms with Gasteiger partial charge in [0.15, 0.2) is 0 Å². The number of pyridine rings is 1. The number of nitrogen functional groups attached to an aromatic ring is 1. The summed E-state index contributed by atoms with van der Waals surface area (Å²) in [6, 6.07) is 11.7. The highest BCUT2D eigenvalue weighted by molar-refractivity contribution is 5.83. The smallest absolute Gasteiger partial charge is 0.265 e. The quantitative estimate of drug-likeness (QED) is 0.295. The molecule has 0 unspecified atom stereocenters. The van der Waals surface area contributed by atoms with Gasteiger partial charge in [-0.25, -0.2) is 23.1 Å². The minimum Gasteiger partial charge on any atom is -0.392 e. The Labute approximate surface area is 226 Å². The molecule has 40 heavy (non-hydrogen) atoms. The molecule has 0 spiro atoms. The van der Waals surface area contributed by atoms with Gasteiger partial charge in [-0.05, 0) is 53.5 Å². The number of benzene rings is 2. The van der Waals surface area contributed by atoms with Crippen LogP contribution in [0, 0.1) is 5.82 Å². The number of nitrogens with two attached hydrogens (primary N) is 1. The second-order valence-electron chi connectivity index (χ2n) is 9.93. The molecular formula is C29H25F3N6O2. The van der Waals surface area contributed by atoms with Crippen LogP contribution in [-0.4, -0.2) is 35.8 Å². The van der Waals surface area contributed by atoms with E-state index in [1.807, 2.05) is 6.07 Å². The van der Waals surface area contributed by atoms with Gasteiger partial charge in [0.05, 0.1) is 29.6 Å². The van der Waals surface area contributed by atoms with Crippen LogP contribution < -0.4 is 11.3 Å². The van der Waals surface area contributed by atoms with E-state index >= 15 is 4.39 Å². The SMILES string of the molecule is Nc1cc(-c2cccc(-n3ccc4cc(C5CC5)cc(F)c4c3=O)c2CO)nc(Cc2cnn(CC(F)F)c2)n1. The highest BCUT2D eigenvalue weighted by Gasteiger charge is 2.25. The van der Waals surface area contributed by atoms with Gasteiger partial charge in [0.25, 0.3) is 12.0 Å². The van der Waals surface area contributed by atoms with Gasteiger partial charge in [0.2, 0.25) is 0 Å². The Kier molecular flexibility index (Phi) is 6.59. The molecule has 0 aliphatic heterocycles. The zero-order chi connectivity index (χ0) is 28.0. The summed E-state index contributed by atoms with van der Waals surface area (Å²) < 4.78 is 42.9. The molecule has 1 fully saturated rings. The number of aromatic nitrogens is 5. The van der Waals surface area contributed by atoms with Gasteiger partial charge < -0.3 is 10.8 Å². The molecular weight excluding hydrogens is 521 g/mol. The summed E-state index contributed by atoms with van der Waals surface area (Å²) in [5, 5.41) is 14.9. The molecule has 8 nitrogen and oxygen atoms in total. The summed E-state index contributed by atoms with van der Waals surface area (Å²) >= 11 is 0. The number of fused-ring (bicyclic) bond motifs is 1. The third-order valence-corrected chi connectivity index (χ3v) is 7.04. The van der Waals surface area contributed by atoms with E-state index in [2.05, 4.69) is 15.1 Å². The summed E-state index contributed by atoms with van der Waals surface area (Å²) in [5.74, 6) is 0.284. The van der Waals surface area contributed by atoms with Crippen molar-refractivity contribution in [2.45, 2.75) is 44.8 Å². The van der Waals surface area contributed by atoms with Crippen LogP contribution in [0.4, 0.5) is 19.0 Å². The molecule has 1 aliphatic carbocycles. The fourth-order valence-corrected chi connectivity index (χ4v) is 5.05. The van der Waals surface area contributed by atoms with Crippen LogP contribution in [0.2, 0.25) is 0 Å². The lowest BCUT2D eigenvalue weighted by atomic mass is 10.0. The largest absolute Gasteiger partial charge is 0.392 e. The molecule has 3 heterocycles. The molecule has 1 saturated carbocycles. The first-order valence-corrected chi connectivity index (χ1v) is 12.8. The third kappa shape index (κ3) is 4.95. The topological polar surface area (TPSA) is 112 Å². The first-order chi connectivity index (χ1) is 19.3. The second-order valence-corrected chi connectivity index (χ2v) is 9.93. The Morgan fingerprint density at radius 2 is 1.95 bits per heavy atom. The summed E-state index contributed by atoms with van der Waals surface area (Å²) in [6.07, 6.45) is 4.25. The van der Waals surface area contributed by atoms with E-state index in [1.165, 1.54) is 23.0 Å². The molecule has 204 valence electrons. The lowest BCUT2D eigenvalue weighted by Gasteiger charge is -2.16. The molecule has 3 aromatic heterocycles. The van der Waals surface area contributed by atoms with Crippen molar-refractivity contribution >= 4 is 16.6 Å². The molecule has 11 heteroatoms. The van der Waals surface area contributed by atoms with Gasteiger partial charge in [-0.15, -0.1) is 0 Å². The van der Waals surface area contributed by atoms with Crippen molar-refractivity contribution in [2.24, 2.45) is 0 Å². The number of anilines is 1. The molecule has 0 bridgehead atoms. The fraction of sp³-hybridized carbons (Fsp3) is 0.241. The average Bonchev–Trinajstić information content (AvgIpc) is 3.68. The third-order valence-electron chi connectivity index (χ3n) is 7.04. The van der Waals surface area contributed by atoms with E-state index in [-0.39, 0.29) is 17.6 Å². The van der Waals surface area contributed by atoms with Gasteiger partial charge in [0.1, 0.15) is 24.0 Å². The van der Waals surface area contributed by atoms with Crippen molar-refractivity contribution in [3.8, 4) is 16.9 Å². The normalized spacial score (nSPS) is 13.4. The predicted molar refractivity (Wildman–Crippen MR) is 144 cm³/mol. The lowest BCUT2D eigenvalue weighted by molar-refractivity contribution is 0.122. The number of rotatable bonds is 8. The maximum Gasteiger partial charge on any atom is 0.265 e. The summed E-state index contributed by atoms with van der Waals surface area (Å²) in [4.78, 5) is 22.3. The minimum atomic E-state index is -2.53. The van der Waals surface area contributed by atoms with E-state index < -0.39 is 31.0 Å². The molecule has 0 atom stereocenters. The molecule has 2 aromatic carbocycles. The fourth-order valence-electron chi connectivity index (χ4n) is 5.05. The van der Waals surface area contributed by atoms with Crippen molar-refractivity contribution in [3.63, 3.8) is 0 Å². The van der Waals surface area contributed by atoms with Crippen molar-refractivity contribution < 1.29 is 18.3 Å². The van der Waals surface area contributed by atoms with Crippen LogP contribution in [0.15, 0.2) is 65.8 Å². The van der Waals surface area contributed by atoms with E-state index in [4.69, 9.17) is 5.73 Å². The van der Waals surface area contributed by atoms with Crippen molar-refractivity contribution in [1.82, 2.24) is 24.3 Å². The highest BCUT2D eigenvalue weighted by Crippen LogP contribution is 2.41. The predicted octanol–water partition coefficient (Wildman–Crippen LogP) is 4.59. The zero-order valence-electron chi connectivity index (χ0n) is 21.3. The van der Waals surface area contributed by atoms with E-state index in [9.17, 15) is 18.7 Å². The number of hydrogen-bond donors (Lipinski definition) is 2.